The normalized spacial score (nSPS) is 11.6. The Bertz CT molecular complexity index is 324. The van der Waals surface area contributed by atoms with Gasteiger partial charge in [-0.15, -0.1) is 0 Å². The second-order valence-electron chi connectivity index (χ2n) is 2.22. The molecule has 0 saturated heterocycles. The molecule has 0 spiro atoms. The van der Waals surface area contributed by atoms with Crippen molar-refractivity contribution in [1.82, 2.24) is 0 Å². The van der Waals surface area contributed by atoms with Crippen LogP contribution in [0.15, 0.2) is 23.4 Å². The largest absolute Gasteiger partial charge is 0.409 e. The molecule has 12 heavy (non-hydrogen) atoms. The summed E-state index contributed by atoms with van der Waals surface area (Å²) in [5.41, 5.74) is 10.8. The second-order valence-corrected chi connectivity index (χ2v) is 2.22. The van der Waals surface area contributed by atoms with Gasteiger partial charge in [0, 0.05) is 5.56 Å². The van der Waals surface area contributed by atoms with Crippen LogP contribution in [0.25, 0.3) is 0 Å². The van der Waals surface area contributed by atoms with E-state index in [-0.39, 0.29) is 11.5 Å². The molecule has 0 bridgehead atoms. The molecule has 5 heteroatoms. The average Bonchev–Trinajstić information content (AvgIpc) is 2.08. The van der Waals surface area contributed by atoms with E-state index >= 15 is 0 Å². The first-order chi connectivity index (χ1) is 5.65. The molecule has 5 N–H and O–H groups in total. The van der Waals surface area contributed by atoms with Gasteiger partial charge in [-0.2, -0.15) is 0 Å². The van der Waals surface area contributed by atoms with E-state index in [0.717, 1.165) is 6.07 Å². The minimum absolute atomic E-state index is 0.0286. The smallest absolute Gasteiger partial charge is 0.170 e. The number of nitrogen functional groups attached to an aromatic ring is 1. The number of amidine groups is 1. The Morgan fingerprint density at radius 2 is 2.17 bits per heavy atom. The SMILES string of the molecule is N/C(=N\O)c1ccc(F)c(N)c1. The van der Waals surface area contributed by atoms with Crippen LogP contribution in [0.1, 0.15) is 5.56 Å². The summed E-state index contributed by atoms with van der Waals surface area (Å²) < 4.78 is 12.6. The monoisotopic (exact) mass is 169 g/mol. The van der Waals surface area contributed by atoms with Crippen molar-refractivity contribution in [3.63, 3.8) is 0 Å². The van der Waals surface area contributed by atoms with Gasteiger partial charge in [-0.25, -0.2) is 4.39 Å². The third-order valence-electron chi connectivity index (χ3n) is 1.40. The van der Waals surface area contributed by atoms with Crippen LogP contribution in [-0.2, 0) is 0 Å². The zero-order chi connectivity index (χ0) is 9.14. The number of anilines is 1. The van der Waals surface area contributed by atoms with E-state index in [9.17, 15) is 4.39 Å². The highest BCUT2D eigenvalue weighted by molar-refractivity contribution is 5.97. The van der Waals surface area contributed by atoms with Crippen molar-refractivity contribution < 1.29 is 9.60 Å². The zero-order valence-electron chi connectivity index (χ0n) is 6.16. The first kappa shape index (κ1) is 8.32. The van der Waals surface area contributed by atoms with Gasteiger partial charge in [0.2, 0.25) is 0 Å². The molecule has 0 aliphatic heterocycles. The molecule has 0 amide bonds. The van der Waals surface area contributed by atoms with Crippen LogP contribution in [-0.4, -0.2) is 11.0 Å². The van der Waals surface area contributed by atoms with E-state index in [0.29, 0.717) is 5.56 Å². The Hall–Kier alpha value is -1.78. The standard InChI is InChI=1S/C7H8FN3O/c8-5-2-1-4(3-6(5)9)7(10)11-12/h1-3,12H,9H2,(H2,10,11). The van der Waals surface area contributed by atoms with Crippen molar-refractivity contribution in [2.75, 3.05) is 5.73 Å². The van der Waals surface area contributed by atoms with Gasteiger partial charge in [0.15, 0.2) is 5.84 Å². The fourth-order valence-electron chi connectivity index (χ4n) is 0.761. The summed E-state index contributed by atoms with van der Waals surface area (Å²) in [5.74, 6) is -0.619. The number of hydrogen-bond donors (Lipinski definition) is 3. The summed E-state index contributed by atoms with van der Waals surface area (Å²) in [6.45, 7) is 0. The summed E-state index contributed by atoms with van der Waals surface area (Å²) in [7, 11) is 0. The lowest BCUT2D eigenvalue weighted by Gasteiger charge is -2.00. The lowest BCUT2D eigenvalue weighted by atomic mass is 10.2. The van der Waals surface area contributed by atoms with Crippen molar-refractivity contribution in [2.45, 2.75) is 0 Å². The van der Waals surface area contributed by atoms with Gasteiger partial charge in [-0.05, 0) is 18.2 Å². The molecule has 4 nitrogen and oxygen atoms in total. The molecule has 0 fully saturated rings. The van der Waals surface area contributed by atoms with Crippen LogP contribution < -0.4 is 11.5 Å². The third kappa shape index (κ3) is 1.45. The highest BCUT2D eigenvalue weighted by Gasteiger charge is 2.02. The van der Waals surface area contributed by atoms with Crippen molar-refractivity contribution in [1.29, 1.82) is 0 Å². The molecule has 0 heterocycles. The molecule has 0 saturated carbocycles. The molecule has 1 aromatic rings. The lowest BCUT2D eigenvalue weighted by molar-refractivity contribution is 0.318. The van der Waals surface area contributed by atoms with Crippen LogP contribution in [0.4, 0.5) is 10.1 Å². The Morgan fingerprint density at radius 3 is 2.67 bits per heavy atom. The van der Waals surface area contributed by atoms with Crippen molar-refractivity contribution in [3.8, 4) is 0 Å². The summed E-state index contributed by atoms with van der Waals surface area (Å²) in [4.78, 5) is 0. The molecule has 0 aliphatic rings. The lowest BCUT2D eigenvalue weighted by Crippen LogP contribution is -2.13. The van der Waals surface area contributed by atoms with Crippen molar-refractivity contribution in [3.05, 3.63) is 29.6 Å². The number of rotatable bonds is 1. The maximum atomic E-state index is 12.6. The van der Waals surface area contributed by atoms with Gasteiger partial charge in [0.1, 0.15) is 5.82 Å². The van der Waals surface area contributed by atoms with E-state index < -0.39 is 5.82 Å². The van der Waals surface area contributed by atoms with E-state index in [1.807, 2.05) is 0 Å². The summed E-state index contributed by atoms with van der Waals surface area (Å²) >= 11 is 0. The van der Waals surface area contributed by atoms with E-state index in [2.05, 4.69) is 5.16 Å². The predicted octanol–water partition coefficient (Wildman–Crippen LogP) is 0.502. The maximum Gasteiger partial charge on any atom is 0.170 e. The fourth-order valence-corrected chi connectivity index (χ4v) is 0.761. The molecule has 0 unspecified atom stereocenters. The summed E-state index contributed by atoms with van der Waals surface area (Å²) in [6.07, 6.45) is 0. The highest BCUT2D eigenvalue weighted by atomic mass is 19.1. The number of nitrogens with two attached hydrogens (primary N) is 2. The topological polar surface area (TPSA) is 84.6 Å². The van der Waals surface area contributed by atoms with Gasteiger partial charge < -0.3 is 16.7 Å². The van der Waals surface area contributed by atoms with Crippen LogP contribution in [0.3, 0.4) is 0 Å². The molecule has 64 valence electrons. The molecule has 0 radical (unpaired) electrons. The average molecular weight is 169 g/mol. The van der Waals surface area contributed by atoms with Crippen LogP contribution >= 0.6 is 0 Å². The van der Waals surface area contributed by atoms with Crippen LogP contribution in [0, 0.1) is 5.82 Å². The minimum Gasteiger partial charge on any atom is -0.409 e. The van der Waals surface area contributed by atoms with Gasteiger partial charge in [-0.3, -0.25) is 0 Å². The van der Waals surface area contributed by atoms with E-state index in [4.69, 9.17) is 16.7 Å². The molecule has 0 aromatic heterocycles. The molecule has 0 aliphatic carbocycles. The molecule has 1 rings (SSSR count). The van der Waals surface area contributed by atoms with Gasteiger partial charge in [0.05, 0.1) is 5.69 Å². The summed E-state index contributed by atoms with van der Waals surface area (Å²) in [6, 6.07) is 3.83. The van der Waals surface area contributed by atoms with Gasteiger partial charge in [0.25, 0.3) is 0 Å². The first-order valence-corrected chi connectivity index (χ1v) is 3.18. The molecular weight excluding hydrogens is 161 g/mol. The second kappa shape index (κ2) is 3.08. The molecular formula is C7H8FN3O. The Kier molecular flexibility index (Phi) is 2.14. The number of nitrogens with zero attached hydrogens (tertiary/aromatic N) is 1. The number of benzene rings is 1. The van der Waals surface area contributed by atoms with Crippen molar-refractivity contribution in [2.24, 2.45) is 10.9 Å². The summed E-state index contributed by atoms with van der Waals surface area (Å²) in [5, 5.41) is 11.0. The maximum absolute atomic E-state index is 12.6. The van der Waals surface area contributed by atoms with Gasteiger partial charge >= 0.3 is 0 Å². The van der Waals surface area contributed by atoms with E-state index in [1.54, 1.807) is 0 Å². The van der Waals surface area contributed by atoms with Gasteiger partial charge in [-0.1, -0.05) is 5.16 Å². The quantitative estimate of drug-likeness (QED) is 0.188. The third-order valence-corrected chi connectivity index (χ3v) is 1.40. The fraction of sp³-hybridized carbons (Fsp3) is 0. The predicted molar refractivity (Wildman–Crippen MR) is 43.3 cm³/mol. The van der Waals surface area contributed by atoms with E-state index in [1.165, 1.54) is 12.1 Å². The van der Waals surface area contributed by atoms with Crippen LogP contribution in [0.2, 0.25) is 0 Å². The Labute approximate surface area is 68.3 Å². The Balaban J connectivity index is 3.13. The molecule has 1 aromatic carbocycles. The van der Waals surface area contributed by atoms with Crippen molar-refractivity contribution >= 4 is 11.5 Å². The Morgan fingerprint density at radius 1 is 1.50 bits per heavy atom. The number of halogens is 1. The minimum atomic E-state index is -0.524. The number of hydrogen-bond acceptors (Lipinski definition) is 3. The van der Waals surface area contributed by atoms with Crippen LogP contribution in [0.5, 0.6) is 0 Å². The highest BCUT2D eigenvalue weighted by Crippen LogP contribution is 2.11. The first-order valence-electron chi connectivity index (χ1n) is 3.18. The number of oxime groups is 1. The zero-order valence-corrected chi connectivity index (χ0v) is 6.16. The molecule has 0 atom stereocenters.